The summed E-state index contributed by atoms with van der Waals surface area (Å²) in [6.45, 7) is 8.64. The highest BCUT2D eigenvalue weighted by Crippen LogP contribution is 2.33. The third-order valence-electron chi connectivity index (χ3n) is 2.79. The molecule has 1 rings (SSSR count). The Labute approximate surface area is 98.9 Å². The first-order valence-corrected chi connectivity index (χ1v) is 6.37. The Kier molecular flexibility index (Phi) is 4.78. The summed E-state index contributed by atoms with van der Waals surface area (Å²) in [5, 5.41) is 3.45. The zero-order valence-electron chi connectivity index (χ0n) is 11.0. The molecule has 0 aromatic carbocycles. The number of nitrogens with one attached hydrogen (secondary N) is 1. The number of ether oxygens (including phenoxy) is 1. The monoisotopic (exact) mass is 227 g/mol. The van der Waals surface area contributed by atoms with Crippen LogP contribution in [0.25, 0.3) is 0 Å². The zero-order chi connectivity index (χ0) is 12.2. The van der Waals surface area contributed by atoms with Crippen LogP contribution in [0.1, 0.15) is 53.4 Å². The lowest BCUT2D eigenvalue weighted by Gasteiger charge is -2.20. The third kappa shape index (κ3) is 5.50. The Morgan fingerprint density at radius 1 is 1.44 bits per heavy atom. The lowest BCUT2D eigenvalue weighted by Crippen LogP contribution is -2.33. The van der Waals surface area contributed by atoms with E-state index >= 15 is 0 Å². The van der Waals surface area contributed by atoms with Crippen LogP contribution < -0.4 is 5.32 Å². The minimum atomic E-state index is -0.363. The van der Waals surface area contributed by atoms with E-state index in [2.05, 4.69) is 12.2 Å². The van der Waals surface area contributed by atoms with Crippen LogP contribution in [0.3, 0.4) is 0 Å². The first kappa shape index (κ1) is 13.5. The SMILES string of the molecule is CCC(NCCC(=O)OC(C)(C)C)C1CC1. The van der Waals surface area contributed by atoms with E-state index < -0.39 is 0 Å². The Morgan fingerprint density at radius 2 is 2.06 bits per heavy atom. The molecule has 0 aromatic rings. The predicted octanol–water partition coefficient (Wildman–Crippen LogP) is 2.50. The predicted molar refractivity (Wildman–Crippen MR) is 65.3 cm³/mol. The fourth-order valence-corrected chi connectivity index (χ4v) is 1.90. The molecule has 1 saturated carbocycles. The van der Waals surface area contributed by atoms with Crippen LogP contribution >= 0.6 is 0 Å². The molecule has 1 N–H and O–H groups in total. The van der Waals surface area contributed by atoms with Crippen molar-refractivity contribution < 1.29 is 9.53 Å². The van der Waals surface area contributed by atoms with Crippen molar-refractivity contribution in [1.82, 2.24) is 5.32 Å². The van der Waals surface area contributed by atoms with Crippen LogP contribution in [-0.4, -0.2) is 24.2 Å². The summed E-state index contributed by atoms with van der Waals surface area (Å²) in [7, 11) is 0. The molecule has 0 bridgehead atoms. The molecule has 1 aliphatic carbocycles. The van der Waals surface area contributed by atoms with Crippen molar-refractivity contribution in [3.8, 4) is 0 Å². The summed E-state index contributed by atoms with van der Waals surface area (Å²) in [6.07, 6.45) is 4.31. The van der Waals surface area contributed by atoms with Gasteiger partial charge in [-0.05, 0) is 46.0 Å². The maximum atomic E-state index is 11.5. The zero-order valence-corrected chi connectivity index (χ0v) is 11.0. The molecule has 0 heterocycles. The number of hydrogen-bond donors (Lipinski definition) is 1. The number of carbonyl (C=O) groups excluding carboxylic acids is 1. The summed E-state index contributed by atoms with van der Waals surface area (Å²) >= 11 is 0. The average Bonchev–Trinajstić information content (AvgIpc) is 2.92. The highest BCUT2D eigenvalue weighted by Gasteiger charge is 2.29. The molecule has 0 amide bonds. The van der Waals surface area contributed by atoms with Gasteiger partial charge in [-0.3, -0.25) is 4.79 Å². The van der Waals surface area contributed by atoms with Crippen molar-refractivity contribution >= 4 is 5.97 Å². The van der Waals surface area contributed by atoms with Crippen molar-refractivity contribution in [1.29, 1.82) is 0 Å². The summed E-state index contributed by atoms with van der Waals surface area (Å²) in [5.74, 6) is 0.745. The highest BCUT2D eigenvalue weighted by atomic mass is 16.6. The van der Waals surface area contributed by atoms with Gasteiger partial charge in [0.1, 0.15) is 5.60 Å². The van der Waals surface area contributed by atoms with E-state index in [1.54, 1.807) is 0 Å². The molecule has 0 radical (unpaired) electrons. The maximum absolute atomic E-state index is 11.5. The largest absolute Gasteiger partial charge is 0.460 e. The molecule has 16 heavy (non-hydrogen) atoms. The van der Waals surface area contributed by atoms with Gasteiger partial charge in [0.2, 0.25) is 0 Å². The standard InChI is InChI=1S/C13H25NO2/c1-5-11(10-6-7-10)14-9-8-12(15)16-13(2,3)4/h10-11,14H,5-9H2,1-4H3. The fourth-order valence-electron chi connectivity index (χ4n) is 1.90. The molecular weight excluding hydrogens is 202 g/mol. The second-order valence-corrected chi connectivity index (χ2v) is 5.64. The van der Waals surface area contributed by atoms with Crippen molar-refractivity contribution in [3.05, 3.63) is 0 Å². The Morgan fingerprint density at radius 3 is 2.50 bits per heavy atom. The highest BCUT2D eigenvalue weighted by molar-refractivity contribution is 5.70. The van der Waals surface area contributed by atoms with E-state index in [1.807, 2.05) is 20.8 Å². The molecule has 0 aromatic heterocycles. The average molecular weight is 227 g/mol. The molecule has 1 unspecified atom stereocenters. The molecule has 94 valence electrons. The van der Waals surface area contributed by atoms with Crippen molar-refractivity contribution in [2.24, 2.45) is 5.92 Å². The fraction of sp³-hybridized carbons (Fsp3) is 0.923. The van der Waals surface area contributed by atoms with Crippen LogP contribution in [-0.2, 0) is 9.53 Å². The van der Waals surface area contributed by atoms with Gasteiger partial charge in [0, 0.05) is 12.6 Å². The first-order chi connectivity index (χ1) is 7.42. The molecule has 1 aliphatic rings. The van der Waals surface area contributed by atoms with E-state index in [1.165, 1.54) is 12.8 Å². The molecule has 0 saturated heterocycles. The van der Waals surface area contributed by atoms with Crippen LogP contribution in [0, 0.1) is 5.92 Å². The second kappa shape index (κ2) is 5.67. The van der Waals surface area contributed by atoms with Crippen molar-refractivity contribution in [2.75, 3.05) is 6.54 Å². The van der Waals surface area contributed by atoms with Gasteiger partial charge in [0.25, 0.3) is 0 Å². The molecule has 3 nitrogen and oxygen atoms in total. The van der Waals surface area contributed by atoms with E-state index in [-0.39, 0.29) is 11.6 Å². The van der Waals surface area contributed by atoms with Crippen LogP contribution in [0.15, 0.2) is 0 Å². The summed E-state index contributed by atoms with van der Waals surface area (Å²) in [4.78, 5) is 11.5. The van der Waals surface area contributed by atoms with Gasteiger partial charge in [-0.2, -0.15) is 0 Å². The Hall–Kier alpha value is -0.570. The van der Waals surface area contributed by atoms with Crippen LogP contribution in [0.4, 0.5) is 0 Å². The van der Waals surface area contributed by atoms with E-state index in [0.29, 0.717) is 12.5 Å². The summed E-state index contributed by atoms with van der Waals surface area (Å²) in [6, 6.07) is 0.599. The van der Waals surface area contributed by atoms with Gasteiger partial charge >= 0.3 is 5.97 Å². The molecule has 1 fully saturated rings. The lowest BCUT2D eigenvalue weighted by molar-refractivity contribution is -0.154. The minimum absolute atomic E-state index is 0.106. The van der Waals surface area contributed by atoms with Gasteiger partial charge < -0.3 is 10.1 Å². The lowest BCUT2D eigenvalue weighted by atomic mass is 10.1. The quantitative estimate of drug-likeness (QED) is 0.708. The normalized spacial score (nSPS) is 18.2. The van der Waals surface area contributed by atoms with Gasteiger partial charge in [0.15, 0.2) is 0 Å². The van der Waals surface area contributed by atoms with Gasteiger partial charge in [0.05, 0.1) is 6.42 Å². The van der Waals surface area contributed by atoms with E-state index in [4.69, 9.17) is 4.74 Å². The molecule has 3 heteroatoms. The Balaban J connectivity index is 2.12. The minimum Gasteiger partial charge on any atom is -0.460 e. The third-order valence-corrected chi connectivity index (χ3v) is 2.79. The van der Waals surface area contributed by atoms with E-state index in [0.717, 1.165) is 18.9 Å². The first-order valence-electron chi connectivity index (χ1n) is 6.37. The second-order valence-electron chi connectivity index (χ2n) is 5.64. The van der Waals surface area contributed by atoms with Gasteiger partial charge in [-0.1, -0.05) is 6.92 Å². The number of rotatable bonds is 6. The molecular formula is C13H25NO2. The number of hydrogen-bond acceptors (Lipinski definition) is 3. The maximum Gasteiger partial charge on any atom is 0.307 e. The van der Waals surface area contributed by atoms with Gasteiger partial charge in [-0.25, -0.2) is 0 Å². The van der Waals surface area contributed by atoms with E-state index in [9.17, 15) is 4.79 Å². The van der Waals surface area contributed by atoms with Crippen LogP contribution in [0.5, 0.6) is 0 Å². The van der Waals surface area contributed by atoms with Crippen LogP contribution in [0.2, 0.25) is 0 Å². The smallest absolute Gasteiger partial charge is 0.307 e. The molecule has 0 spiro atoms. The summed E-state index contributed by atoms with van der Waals surface area (Å²) < 4.78 is 5.25. The summed E-state index contributed by atoms with van der Waals surface area (Å²) in [5.41, 5.74) is -0.363. The van der Waals surface area contributed by atoms with Crippen molar-refractivity contribution in [3.63, 3.8) is 0 Å². The number of esters is 1. The Bertz CT molecular complexity index is 229. The number of carbonyl (C=O) groups is 1. The molecule has 1 atom stereocenters. The van der Waals surface area contributed by atoms with Gasteiger partial charge in [-0.15, -0.1) is 0 Å². The van der Waals surface area contributed by atoms with Crippen molar-refractivity contribution in [2.45, 2.75) is 65.0 Å². The molecule has 0 aliphatic heterocycles. The topological polar surface area (TPSA) is 38.3 Å².